The van der Waals surface area contributed by atoms with E-state index in [1.165, 1.54) is 0 Å². The molecule has 0 spiro atoms. The third-order valence-corrected chi connectivity index (χ3v) is 1.79. The van der Waals surface area contributed by atoms with Gasteiger partial charge in [-0.05, 0) is 13.3 Å². The van der Waals surface area contributed by atoms with Crippen molar-refractivity contribution in [3.8, 4) is 0 Å². The van der Waals surface area contributed by atoms with E-state index < -0.39 is 0 Å². The summed E-state index contributed by atoms with van der Waals surface area (Å²) in [5, 5.41) is 0. The van der Waals surface area contributed by atoms with E-state index in [0.717, 1.165) is 25.3 Å². The molecule has 0 aliphatic heterocycles. The van der Waals surface area contributed by atoms with Crippen LogP contribution in [0.4, 0.5) is 0 Å². The Bertz CT molecular complexity index is 200. The molecule has 0 saturated heterocycles. The van der Waals surface area contributed by atoms with Gasteiger partial charge < -0.3 is 9.64 Å². The molecule has 4 heteroatoms. The number of aliphatic imine (C=N–C) groups is 1. The molecular formula is C10H20N2O2. The minimum atomic E-state index is 0.0954. The monoisotopic (exact) mass is 200 g/mol. The van der Waals surface area contributed by atoms with E-state index >= 15 is 0 Å². The number of methoxy groups -OCH3 is 1. The van der Waals surface area contributed by atoms with E-state index in [4.69, 9.17) is 4.74 Å². The van der Waals surface area contributed by atoms with Crippen molar-refractivity contribution in [1.82, 2.24) is 4.90 Å². The Morgan fingerprint density at radius 1 is 1.43 bits per heavy atom. The van der Waals surface area contributed by atoms with Crippen molar-refractivity contribution >= 4 is 11.6 Å². The summed E-state index contributed by atoms with van der Waals surface area (Å²) in [7, 11) is 5.17. The Hall–Kier alpha value is -0.900. The van der Waals surface area contributed by atoms with E-state index in [-0.39, 0.29) is 5.91 Å². The summed E-state index contributed by atoms with van der Waals surface area (Å²) in [5.74, 6) is 0.0954. The van der Waals surface area contributed by atoms with E-state index in [1.54, 1.807) is 26.1 Å². The van der Waals surface area contributed by atoms with Crippen molar-refractivity contribution in [3.05, 3.63) is 0 Å². The highest BCUT2D eigenvalue weighted by molar-refractivity contribution is 5.99. The fraction of sp³-hybridized carbons (Fsp3) is 0.800. The molecule has 0 radical (unpaired) electrons. The first-order chi connectivity index (χ1) is 6.57. The van der Waals surface area contributed by atoms with Crippen molar-refractivity contribution in [2.24, 2.45) is 4.99 Å². The first kappa shape index (κ1) is 13.1. The van der Waals surface area contributed by atoms with Gasteiger partial charge in [-0.3, -0.25) is 9.79 Å². The van der Waals surface area contributed by atoms with Crippen LogP contribution in [0.1, 0.15) is 19.8 Å². The van der Waals surface area contributed by atoms with Crippen LogP contribution in [0, 0.1) is 0 Å². The van der Waals surface area contributed by atoms with Gasteiger partial charge in [0.25, 0.3) is 0 Å². The maximum Gasteiger partial charge on any atom is 0.227 e. The van der Waals surface area contributed by atoms with Crippen molar-refractivity contribution in [2.75, 3.05) is 34.4 Å². The van der Waals surface area contributed by atoms with Crippen molar-refractivity contribution in [3.63, 3.8) is 0 Å². The van der Waals surface area contributed by atoms with Gasteiger partial charge in [-0.2, -0.15) is 0 Å². The summed E-state index contributed by atoms with van der Waals surface area (Å²) < 4.78 is 4.90. The van der Waals surface area contributed by atoms with E-state index in [0.29, 0.717) is 6.42 Å². The standard InChI is InChI=1S/C10H20N2O2/c1-9(8-10(13)12(2)3)11-6-5-7-14-4/h5-8H2,1-4H3. The molecule has 0 heterocycles. The van der Waals surface area contributed by atoms with Crippen LogP contribution in [0.2, 0.25) is 0 Å². The number of rotatable bonds is 6. The molecule has 1 amide bonds. The molecular weight excluding hydrogens is 180 g/mol. The molecule has 14 heavy (non-hydrogen) atoms. The predicted octanol–water partition coefficient (Wildman–Crippen LogP) is 0.962. The van der Waals surface area contributed by atoms with Gasteiger partial charge in [-0.15, -0.1) is 0 Å². The number of hydrogen-bond donors (Lipinski definition) is 0. The molecule has 0 aliphatic rings. The Morgan fingerprint density at radius 3 is 2.57 bits per heavy atom. The predicted molar refractivity (Wildman–Crippen MR) is 57.8 cm³/mol. The van der Waals surface area contributed by atoms with Crippen LogP contribution in [-0.2, 0) is 9.53 Å². The molecule has 0 aromatic rings. The summed E-state index contributed by atoms with van der Waals surface area (Å²) in [5.41, 5.74) is 0.889. The van der Waals surface area contributed by atoms with Crippen LogP contribution >= 0.6 is 0 Å². The summed E-state index contributed by atoms with van der Waals surface area (Å²) in [4.78, 5) is 17.1. The molecule has 0 N–H and O–H groups in total. The molecule has 0 atom stereocenters. The van der Waals surface area contributed by atoms with Gasteiger partial charge in [0.05, 0.1) is 6.42 Å². The minimum Gasteiger partial charge on any atom is -0.385 e. The Kier molecular flexibility index (Phi) is 7.02. The van der Waals surface area contributed by atoms with Crippen LogP contribution in [0.5, 0.6) is 0 Å². The summed E-state index contributed by atoms with van der Waals surface area (Å²) in [6, 6.07) is 0. The first-order valence-electron chi connectivity index (χ1n) is 4.77. The lowest BCUT2D eigenvalue weighted by Crippen LogP contribution is -2.23. The minimum absolute atomic E-state index is 0.0954. The lowest BCUT2D eigenvalue weighted by molar-refractivity contribution is -0.127. The Labute approximate surface area is 86.0 Å². The van der Waals surface area contributed by atoms with Crippen molar-refractivity contribution in [2.45, 2.75) is 19.8 Å². The molecule has 0 fully saturated rings. The maximum atomic E-state index is 11.3. The number of carbonyl (C=O) groups is 1. The van der Waals surface area contributed by atoms with Gasteiger partial charge in [0, 0.05) is 40.1 Å². The van der Waals surface area contributed by atoms with Crippen molar-refractivity contribution in [1.29, 1.82) is 0 Å². The number of carbonyl (C=O) groups excluding carboxylic acids is 1. The molecule has 0 rings (SSSR count). The molecule has 0 aliphatic carbocycles. The topological polar surface area (TPSA) is 41.9 Å². The quantitative estimate of drug-likeness (QED) is 0.473. The van der Waals surface area contributed by atoms with Gasteiger partial charge in [0.1, 0.15) is 0 Å². The zero-order chi connectivity index (χ0) is 11.0. The Morgan fingerprint density at radius 2 is 2.07 bits per heavy atom. The highest BCUT2D eigenvalue weighted by Gasteiger charge is 2.04. The number of hydrogen-bond acceptors (Lipinski definition) is 3. The van der Waals surface area contributed by atoms with Crippen LogP contribution in [-0.4, -0.2) is 50.9 Å². The number of ether oxygens (including phenoxy) is 1. The number of nitrogens with zero attached hydrogens (tertiary/aromatic N) is 2. The van der Waals surface area contributed by atoms with Crippen LogP contribution < -0.4 is 0 Å². The highest BCUT2D eigenvalue weighted by atomic mass is 16.5. The van der Waals surface area contributed by atoms with Gasteiger partial charge in [-0.25, -0.2) is 0 Å². The fourth-order valence-electron chi connectivity index (χ4n) is 0.912. The van der Waals surface area contributed by atoms with Gasteiger partial charge in [0.2, 0.25) is 5.91 Å². The van der Waals surface area contributed by atoms with Gasteiger partial charge in [-0.1, -0.05) is 0 Å². The largest absolute Gasteiger partial charge is 0.385 e. The van der Waals surface area contributed by atoms with Crippen LogP contribution in [0.15, 0.2) is 4.99 Å². The smallest absolute Gasteiger partial charge is 0.227 e. The highest BCUT2D eigenvalue weighted by Crippen LogP contribution is 1.93. The lowest BCUT2D eigenvalue weighted by Gasteiger charge is -2.09. The third-order valence-electron chi connectivity index (χ3n) is 1.79. The molecule has 82 valence electrons. The zero-order valence-corrected chi connectivity index (χ0v) is 9.54. The number of amides is 1. The summed E-state index contributed by atoms with van der Waals surface area (Å²) in [6.07, 6.45) is 1.32. The molecule has 0 unspecified atom stereocenters. The second kappa shape index (κ2) is 7.50. The second-order valence-corrected chi connectivity index (χ2v) is 3.43. The summed E-state index contributed by atoms with van der Waals surface area (Å²) in [6.45, 7) is 3.34. The average Bonchev–Trinajstić information content (AvgIpc) is 2.12. The van der Waals surface area contributed by atoms with Crippen LogP contribution in [0.25, 0.3) is 0 Å². The Balaban J connectivity index is 3.71. The molecule has 0 aromatic heterocycles. The maximum absolute atomic E-state index is 11.3. The normalized spacial score (nSPS) is 11.6. The molecule has 0 bridgehead atoms. The average molecular weight is 200 g/mol. The summed E-state index contributed by atoms with van der Waals surface area (Å²) >= 11 is 0. The van der Waals surface area contributed by atoms with E-state index in [9.17, 15) is 4.79 Å². The molecule has 4 nitrogen and oxygen atoms in total. The third kappa shape index (κ3) is 6.60. The second-order valence-electron chi connectivity index (χ2n) is 3.43. The van der Waals surface area contributed by atoms with Gasteiger partial charge >= 0.3 is 0 Å². The van der Waals surface area contributed by atoms with E-state index in [2.05, 4.69) is 4.99 Å². The first-order valence-corrected chi connectivity index (χ1v) is 4.77. The van der Waals surface area contributed by atoms with Gasteiger partial charge in [0.15, 0.2) is 0 Å². The SMILES string of the molecule is COCCCN=C(C)CC(=O)N(C)C. The zero-order valence-electron chi connectivity index (χ0n) is 9.54. The molecule has 0 aromatic carbocycles. The van der Waals surface area contributed by atoms with E-state index in [1.807, 2.05) is 6.92 Å². The van der Waals surface area contributed by atoms with Crippen molar-refractivity contribution < 1.29 is 9.53 Å². The molecule has 0 saturated carbocycles. The lowest BCUT2D eigenvalue weighted by atomic mass is 10.2. The fourth-order valence-corrected chi connectivity index (χ4v) is 0.912. The van der Waals surface area contributed by atoms with Crippen LogP contribution in [0.3, 0.4) is 0 Å².